The smallest absolute Gasteiger partial charge is 0.305 e. The second-order valence-electron chi connectivity index (χ2n) is 9.41. The number of aliphatic carboxylic acids is 1. The molecular formula is C30H29ClN2O6S3. The Morgan fingerprint density at radius 1 is 0.952 bits per heavy atom. The molecule has 42 heavy (non-hydrogen) atoms. The molecule has 1 amide bonds. The third-order valence-electron chi connectivity index (χ3n) is 6.37. The van der Waals surface area contributed by atoms with E-state index < -0.39 is 34.4 Å². The van der Waals surface area contributed by atoms with Gasteiger partial charge in [-0.05, 0) is 67.3 Å². The van der Waals surface area contributed by atoms with Gasteiger partial charge in [-0.3, -0.25) is 14.4 Å². The summed E-state index contributed by atoms with van der Waals surface area (Å²) in [5, 5.41) is 12.5. The fourth-order valence-electron chi connectivity index (χ4n) is 4.24. The summed E-state index contributed by atoms with van der Waals surface area (Å²) in [5.74, 6) is -1.56. The summed E-state index contributed by atoms with van der Waals surface area (Å²) in [6.45, 7) is 0. The molecule has 0 radical (unpaired) electrons. The van der Waals surface area contributed by atoms with E-state index in [1.807, 2.05) is 24.3 Å². The lowest BCUT2D eigenvalue weighted by atomic mass is 10.1. The highest BCUT2D eigenvalue weighted by Crippen LogP contribution is 2.23. The number of carboxylic acid groups (broad SMARTS) is 1. The second kappa shape index (κ2) is 14.7. The summed E-state index contributed by atoms with van der Waals surface area (Å²) in [6.07, 6.45) is 2.80. The lowest BCUT2D eigenvalue weighted by molar-refractivity contribution is -0.139. The SMILES string of the molecule is O=C(O)C[C@H](NC(=O)c1ccc(CCCc2cccn2S(=O)(=O)c2ccccc2)s1)C(=O)CSCc1ccccc1Cl. The van der Waals surface area contributed by atoms with Crippen molar-refractivity contribution in [2.24, 2.45) is 0 Å². The number of benzene rings is 2. The van der Waals surface area contributed by atoms with Crippen molar-refractivity contribution in [2.45, 2.75) is 42.4 Å². The number of hydrogen-bond acceptors (Lipinski definition) is 7. The maximum Gasteiger partial charge on any atom is 0.305 e. The van der Waals surface area contributed by atoms with Gasteiger partial charge >= 0.3 is 5.97 Å². The van der Waals surface area contributed by atoms with E-state index in [4.69, 9.17) is 11.6 Å². The van der Waals surface area contributed by atoms with E-state index >= 15 is 0 Å². The van der Waals surface area contributed by atoms with Crippen molar-refractivity contribution in [3.8, 4) is 0 Å². The molecule has 0 aliphatic heterocycles. The van der Waals surface area contributed by atoms with Crippen molar-refractivity contribution in [2.75, 3.05) is 5.75 Å². The summed E-state index contributed by atoms with van der Waals surface area (Å²) in [5.41, 5.74) is 1.53. The zero-order valence-electron chi connectivity index (χ0n) is 22.4. The van der Waals surface area contributed by atoms with Crippen LogP contribution < -0.4 is 5.32 Å². The highest BCUT2D eigenvalue weighted by molar-refractivity contribution is 7.99. The fourth-order valence-corrected chi connectivity index (χ4v) is 7.87. The Bertz CT molecular complexity index is 1650. The minimum absolute atomic E-state index is 0.0286. The Morgan fingerprint density at radius 3 is 2.43 bits per heavy atom. The number of aromatic nitrogens is 1. The fraction of sp³-hybridized carbons (Fsp3) is 0.233. The van der Waals surface area contributed by atoms with Crippen LogP contribution in [0.15, 0.2) is 90.0 Å². The van der Waals surface area contributed by atoms with Crippen LogP contribution in [0.5, 0.6) is 0 Å². The number of Topliss-reactive ketones (excluding diaryl/α,β-unsaturated/α-hetero) is 1. The topological polar surface area (TPSA) is 123 Å². The maximum atomic E-state index is 13.0. The molecule has 4 rings (SSSR count). The number of amides is 1. The third-order valence-corrected chi connectivity index (χ3v) is 10.6. The predicted molar refractivity (Wildman–Crippen MR) is 166 cm³/mol. The number of nitrogens with zero attached hydrogens (tertiary/aromatic N) is 1. The number of aryl methyl sites for hydroxylation is 2. The average Bonchev–Trinajstić information content (AvgIpc) is 3.64. The van der Waals surface area contributed by atoms with Crippen LogP contribution in [0.1, 0.15) is 38.6 Å². The molecular weight excluding hydrogens is 616 g/mol. The zero-order valence-corrected chi connectivity index (χ0v) is 25.6. The number of ketones is 1. The highest BCUT2D eigenvalue weighted by Gasteiger charge is 2.25. The molecule has 220 valence electrons. The number of halogens is 1. The molecule has 0 bridgehead atoms. The van der Waals surface area contributed by atoms with E-state index in [1.165, 1.54) is 33.3 Å². The molecule has 1 atom stereocenters. The van der Waals surface area contributed by atoms with Gasteiger partial charge in [-0.1, -0.05) is 48.0 Å². The van der Waals surface area contributed by atoms with Gasteiger partial charge in [-0.2, -0.15) is 0 Å². The average molecular weight is 645 g/mol. The number of carbonyl (C=O) groups is 3. The minimum atomic E-state index is -3.69. The number of carboxylic acids is 1. The van der Waals surface area contributed by atoms with Crippen LogP contribution >= 0.6 is 34.7 Å². The minimum Gasteiger partial charge on any atom is -0.481 e. The third kappa shape index (κ3) is 8.34. The molecule has 4 aromatic rings. The Morgan fingerprint density at radius 2 is 1.69 bits per heavy atom. The first-order chi connectivity index (χ1) is 20.1. The molecule has 2 aromatic carbocycles. The molecule has 0 fully saturated rings. The molecule has 0 unspecified atom stereocenters. The van der Waals surface area contributed by atoms with Crippen LogP contribution in [0.25, 0.3) is 0 Å². The standard InChI is InChI=1S/C30H29ClN2O6S3/c31-25-14-5-4-8-21(25)19-40-20-27(34)26(18-29(35)36)32-30(37)28-16-15-23(41-28)11-6-9-22-10-7-17-33(22)42(38,39)24-12-2-1-3-13-24/h1-5,7-8,10,12-17,26H,6,9,11,18-20H2,(H,32,37)(H,35,36)/t26-/m0/s1. The number of carbonyl (C=O) groups excluding carboxylic acids is 2. The van der Waals surface area contributed by atoms with Crippen molar-refractivity contribution in [3.63, 3.8) is 0 Å². The zero-order chi connectivity index (χ0) is 30.1. The second-order valence-corrected chi connectivity index (χ2v) is 13.8. The number of thioether (sulfide) groups is 1. The van der Waals surface area contributed by atoms with Gasteiger partial charge in [-0.15, -0.1) is 23.1 Å². The van der Waals surface area contributed by atoms with Crippen molar-refractivity contribution >= 4 is 62.4 Å². The van der Waals surface area contributed by atoms with Crippen LogP contribution in [0.2, 0.25) is 5.02 Å². The summed E-state index contributed by atoms with van der Waals surface area (Å²) in [4.78, 5) is 38.6. The lowest BCUT2D eigenvalue weighted by Gasteiger charge is -2.15. The largest absolute Gasteiger partial charge is 0.481 e. The molecule has 0 aliphatic carbocycles. The number of nitrogens with one attached hydrogen (secondary N) is 1. The van der Waals surface area contributed by atoms with E-state index in [-0.39, 0.29) is 16.4 Å². The first kappa shape index (κ1) is 31.6. The van der Waals surface area contributed by atoms with Gasteiger partial charge < -0.3 is 10.4 Å². The van der Waals surface area contributed by atoms with Crippen molar-refractivity contribution in [1.29, 1.82) is 0 Å². The molecule has 12 heteroatoms. The normalized spacial score (nSPS) is 12.1. The molecule has 2 heterocycles. The Balaban J connectivity index is 1.31. The highest BCUT2D eigenvalue weighted by atomic mass is 35.5. The van der Waals surface area contributed by atoms with E-state index in [0.717, 1.165) is 10.4 Å². The lowest BCUT2D eigenvalue weighted by Crippen LogP contribution is -2.43. The molecule has 2 aromatic heterocycles. The van der Waals surface area contributed by atoms with E-state index in [0.29, 0.717) is 40.6 Å². The molecule has 2 N–H and O–H groups in total. The van der Waals surface area contributed by atoms with Gasteiger partial charge in [-0.25, -0.2) is 12.4 Å². The summed E-state index contributed by atoms with van der Waals surface area (Å²) < 4.78 is 27.3. The van der Waals surface area contributed by atoms with Gasteiger partial charge in [0.25, 0.3) is 15.9 Å². The van der Waals surface area contributed by atoms with Gasteiger partial charge in [0.2, 0.25) is 0 Å². The van der Waals surface area contributed by atoms with Crippen molar-refractivity contribution in [3.05, 3.63) is 111 Å². The molecule has 0 spiro atoms. The number of rotatable bonds is 15. The Kier molecular flexibility index (Phi) is 11.0. The molecule has 0 aliphatic rings. The van der Waals surface area contributed by atoms with Gasteiger partial charge in [0.15, 0.2) is 5.78 Å². The van der Waals surface area contributed by atoms with Gasteiger partial charge in [0.1, 0.15) is 0 Å². The van der Waals surface area contributed by atoms with E-state index in [9.17, 15) is 27.9 Å². The van der Waals surface area contributed by atoms with Crippen LogP contribution in [-0.4, -0.2) is 47.0 Å². The maximum absolute atomic E-state index is 13.0. The Labute approximate surface area is 257 Å². The van der Waals surface area contributed by atoms with Crippen molar-refractivity contribution in [1.82, 2.24) is 9.29 Å². The van der Waals surface area contributed by atoms with Crippen LogP contribution in [0.4, 0.5) is 0 Å². The van der Waals surface area contributed by atoms with Crippen LogP contribution in [-0.2, 0) is 38.2 Å². The first-order valence-electron chi connectivity index (χ1n) is 13.1. The summed E-state index contributed by atoms with van der Waals surface area (Å²) in [6, 6.07) is 21.3. The number of hydrogen-bond donors (Lipinski definition) is 2. The monoisotopic (exact) mass is 644 g/mol. The molecule has 0 saturated heterocycles. The van der Waals surface area contributed by atoms with Crippen LogP contribution in [0, 0.1) is 0 Å². The van der Waals surface area contributed by atoms with E-state index in [1.54, 1.807) is 54.6 Å². The first-order valence-corrected chi connectivity index (χ1v) is 16.9. The number of thiophene rings is 1. The summed E-state index contributed by atoms with van der Waals surface area (Å²) in [7, 11) is -3.69. The van der Waals surface area contributed by atoms with Gasteiger partial charge in [0, 0.05) is 27.5 Å². The predicted octanol–water partition coefficient (Wildman–Crippen LogP) is 5.69. The van der Waals surface area contributed by atoms with Gasteiger partial charge in [0.05, 0.1) is 28.0 Å². The van der Waals surface area contributed by atoms with Crippen molar-refractivity contribution < 1.29 is 27.9 Å². The molecule has 0 saturated carbocycles. The van der Waals surface area contributed by atoms with E-state index in [2.05, 4.69) is 5.32 Å². The molecule has 8 nitrogen and oxygen atoms in total. The summed E-state index contributed by atoms with van der Waals surface area (Å²) >= 11 is 8.72. The Hall–Kier alpha value is -3.38. The van der Waals surface area contributed by atoms with Crippen LogP contribution in [0.3, 0.4) is 0 Å². The quantitative estimate of drug-likeness (QED) is 0.170.